The first kappa shape index (κ1) is 15.9. The Bertz CT molecular complexity index is 514. The SMILES string of the molecule is Cc1cc([N+](=O)[O-])ccc1OCCCC(C)(N)C(N)=O. The van der Waals surface area contributed by atoms with E-state index in [0.717, 1.165) is 0 Å². The molecule has 0 saturated carbocycles. The first-order chi connectivity index (χ1) is 9.24. The molecule has 0 aromatic heterocycles. The smallest absolute Gasteiger partial charge is 0.269 e. The molecule has 0 saturated heterocycles. The molecular formula is C13H19N3O4. The van der Waals surface area contributed by atoms with Crippen molar-refractivity contribution in [1.29, 1.82) is 0 Å². The molecule has 1 aromatic rings. The van der Waals surface area contributed by atoms with E-state index in [1.807, 2.05) is 0 Å². The van der Waals surface area contributed by atoms with Gasteiger partial charge in [-0.1, -0.05) is 0 Å². The van der Waals surface area contributed by atoms with Crippen LogP contribution < -0.4 is 16.2 Å². The minimum Gasteiger partial charge on any atom is -0.493 e. The zero-order valence-corrected chi connectivity index (χ0v) is 11.6. The first-order valence-corrected chi connectivity index (χ1v) is 6.20. The highest BCUT2D eigenvalue weighted by atomic mass is 16.6. The summed E-state index contributed by atoms with van der Waals surface area (Å²) in [5.74, 6) is 0.0254. The third-order valence-electron chi connectivity index (χ3n) is 3.03. The van der Waals surface area contributed by atoms with Gasteiger partial charge in [0, 0.05) is 12.1 Å². The van der Waals surface area contributed by atoms with E-state index in [1.165, 1.54) is 12.1 Å². The molecular weight excluding hydrogens is 262 g/mol. The van der Waals surface area contributed by atoms with Gasteiger partial charge >= 0.3 is 0 Å². The molecule has 20 heavy (non-hydrogen) atoms. The third-order valence-corrected chi connectivity index (χ3v) is 3.03. The lowest BCUT2D eigenvalue weighted by atomic mass is 9.97. The van der Waals surface area contributed by atoms with Crippen molar-refractivity contribution in [2.75, 3.05) is 6.61 Å². The summed E-state index contributed by atoms with van der Waals surface area (Å²) in [5.41, 5.74) is 10.5. The quantitative estimate of drug-likeness (QED) is 0.442. The van der Waals surface area contributed by atoms with Crippen molar-refractivity contribution in [2.24, 2.45) is 11.5 Å². The van der Waals surface area contributed by atoms with Crippen LogP contribution in [0.25, 0.3) is 0 Å². The fourth-order valence-electron chi connectivity index (χ4n) is 1.65. The Morgan fingerprint density at radius 3 is 2.65 bits per heavy atom. The van der Waals surface area contributed by atoms with Crippen LogP contribution in [0.4, 0.5) is 5.69 Å². The number of ether oxygens (including phenoxy) is 1. The van der Waals surface area contributed by atoms with Gasteiger partial charge in [0.2, 0.25) is 5.91 Å². The molecule has 0 spiro atoms. The molecule has 1 atom stereocenters. The van der Waals surface area contributed by atoms with Crippen molar-refractivity contribution >= 4 is 11.6 Å². The molecule has 7 nitrogen and oxygen atoms in total. The molecule has 1 amide bonds. The van der Waals surface area contributed by atoms with Gasteiger partial charge in [-0.25, -0.2) is 0 Å². The minimum absolute atomic E-state index is 0.0260. The van der Waals surface area contributed by atoms with Gasteiger partial charge in [0.1, 0.15) is 5.75 Å². The largest absolute Gasteiger partial charge is 0.493 e. The van der Waals surface area contributed by atoms with E-state index in [0.29, 0.717) is 30.8 Å². The molecule has 0 radical (unpaired) electrons. The molecule has 0 aliphatic carbocycles. The summed E-state index contributed by atoms with van der Waals surface area (Å²) in [6, 6.07) is 4.40. The van der Waals surface area contributed by atoms with Crippen LogP contribution in [-0.2, 0) is 4.79 Å². The molecule has 0 aliphatic heterocycles. The number of nitrogens with two attached hydrogens (primary N) is 2. The van der Waals surface area contributed by atoms with E-state index in [-0.39, 0.29) is 5.69 Å². The van der Waals surface area contributed by atoms with E-state index in [2.05, 4.69) is 0 Å². The molecule has 1 unspecified atom stereocenters. The van der Waals surface area contributed by atoms with Gasteiger partial charge in [0.15, 0.2) is 0 Å². The van der Waals surface area contributed by atoms with E-state index in [9.17, 15) is 14.9 Å². The monoisotopic (exact) mass is 281 g/mol. The van der Waals surface area contributed by atoms with Crippen LogP contribution in [0.3, 0.4) is 0 Å². The van der Waals surface area contributed by atoms with Gasteiger partial charge in [0.05, 0.1) is 17.1 Å². The third kappa shape index (κ3) is 4.20. The van der Waals surface area contributed by atoms with Gasteiger partial charge in [-0.2, -0.15) is 0 Å². The Morgan fingerprint density at radius 1 is 1.50 bits per heavy atom. The number of rotatable bonds is 7. The lowest BCUT2D eigenvalue weighted by Gasteiger charge is -2.20. The first-order valence-electron chi connectivity index (χ1n) is 6.20. The summed E-state index contributed by atoms with van der Waals surface area (Å²) in [5, 5.41) is 10.6. The average molecular weight is 281 g/mol. The van der Waals surface area contributed by atoms with Crippen LogP contribution in [0.1, 0.15) is 25.3 Å². The number of carbonyl (C=O) groups is 1. The van der Waals surface area contributed by atoms with Crippen molar-refractivity contribution in [3.8, 4) is 5.75 Å². The molecule has 0 bridgehead atoms. The molecule has 0 heterocycles. The van der Waals surface area contributed by atoms with Crippen LogP contribution in [-0.4, -0.2) is 23.0 Å². The highest BCUT2D eigenvalue weighted by molar-refractivity contribution is 5.83. The number of aryl methyl sites for hydroxylation is 1. The topological polar surface area (TPSA) is 121 Å². The highest BCUT2D eigenvalue weighted by Gasteiger charge is 2.24. The molecule has 0 aliphatic rings. The summed E-state index contributed by atoms with van der Waals surface area (Å²) < 4.78 is 5.52. The van der Waals surface area contributed by atoms with Crippen LogP contribution in [0.2, 0.25) is 0 Å². The minimum atomic E-state index is -1.05. The lowest BCUT2D eigenvalue weighted by Crippen LogP contribution is -2.49. The molecule has 1 aromatic carbocycles. The van der Waals surface area contributed by atoms with E-state index >= 15 is 0 Å². The lowest BCUT2D eigenvalue weighted by molar-refractivity contribution is -0.384. The van der Waals surface area contributed by atoms with Gasteiger partial charge < -0.3 is 16.2 Å². The number of hydrogen-bond donors (Lipinski definition) is 2. The predicted octanol–water partition coefficient (Wildman–Crippen LogP) is 1.26. The van der Waals surface area contributed by atoms with Crippen molar-refractivity contribution in [3.63, 3.8) is 0 Å². The van der Waals surface area contributed by atoms with Crippen LogP contribution in [0, 0.1) is 17.0 Å². The second-order valence-electron chi connectivity index (χ2n) is 4.94. The molecule has 1 rings (SSSR count). The molecule has 0 fully saturated rings. The van der Waals surface area contributed by atoms with E-state index in [1.54, 1.807) is 19.9 Å². The maximum Gasteiger partial charge on any atom is 0.269 e. The number of benzene rings is 1. The van der Waals surface area contributed by atoms with Crippen molar-refractivity contribution in [2.45, 2.75) is 32.2 Å². The number of nitro groups is 1. The summed E-state index contributed by atoms with van der Waals surface area (Å²) in [6.07, 6.45) is 0.973. The zero-order chi connectivity index (χ0) is 15.3. The Labute approximate surface area is 117 Å². The normalized spacial score (nSPS) is 13.6. The Morgan fingerprint density at radius 2 is 2.15 bits per heavy atom. The fourth-order valence-corrected chi connectivity index (χ4v) is 1.65. The number of amides is 1. The maximum absolute atomic E-state index is 11.0. The van der Waals surface area contributed by atoms with E-state index in [4.69, 9.17) is 16.2 Å². The molecule has 110 valence electrons. The van der Waals surface area contributed by atoms with E-state index < -0.39 is 16.4 Å². The fraction of sp³-hybridized carbons (Fsp3) is 0.462. The number of hydrogen-bond acceptors (Lipinski definition) is 5. The van der Waals surface area contributed by atoms with Crippen LogP contribution in [0.5, 0.6) is 5.75 Å². The highest BCUT2D eigenvalue weighted by Crippen LogP contribution is 2.23. The standard InChI is InChI=1S/C13H19N3O4/c1-9-8-10(16(18)19)4-5-11(9)20-7-3-6-13(2,15)12(14)17/h4-5,8H,3,6-7,15H2,1-2H3,(H2,14,17). The van der Waals surface area contributed by atoms with Gasteiger partial charge in [0.25, 0.3) is 5.69 Å². The van der Waals surface area contributed by atoms with Crippen molar-refractivity contribution in [3.05, 3.63) is 33.9 Å². The molecule has 7 heteroatoms. The summed E-state index contributed by atoms with van der Waals surface area (Å²) in [6.45, 7) is 3.67. The number of nitro benzene ring substituents is 1. The average Bonchev–Trinajstić information content (AvgIpc) is 2.35. The van der Waals surface area contributed by atoms with Crippen molar-refractivity contribution in [1.82, 2.24) is 0 Å². The Kier molecular flexibility index (Phi) is 5.04. The van der Waals surface area contributed by atoms with Gasteiger partial charge in [-0.15, -0.1) is 0 Å². The molecule has 4 N–H and O–H groups in total. The maximum atomic E-state index is 11.0. The summed E-state index contributed by atoms with van der Waals surface area (Å²) in [7, 11) is 0. The Balaban J connectivity index is 2.51. The van der Waals surface area contributed by atoms with Crippen molar-refractivity contribution < 1.29 is 14.5 Å². The summed E-state index contributed by atoms with van der Waals surface area (Å²) in [4.78, 5) is 21.2. The Hall–Kier alpha value is -2.15. The number of carbonyl (C=O) groups excluding carboxylic acids is 1. The van der Waals surface area contributed by atoms with Gasteiger partial charge in [-0.05, 0) is 38.3 Å². The second-order valence-corrected chi connectivity index (χ2v) is 4.94. The number of nitrogens with zero attached hydrogens (tertiary/aromatic N) is 1. The zero-order valence-electron chi connectivity index (χ0n) is 11.6. The van der Waals surface area contributed by atoms with Gasteiger partial charge in [-0.3, -0.25) is 14.9 Å². The number of non-ortho nitro benzene ring substituents is 1. The second kappa shape index (κ2) is 6.33. The van der Waals surface area contributed by atoms with Crippen LogP contribution >= 0.6 is 0 Å². The van der Waals surface area contributed by atoms with Crippen LogP contribution in [0.15, 0.2) is 18.2 Å². The predicted molar refractivity (Wildman–Crippen MR) is 74.3 cm³/mol. The number of primary amides is 1. The summed E-state index contributed by atoms with van der Waals surface area (Å²) >= 11 is 0.